The number of nitrogens with two attached hydrogens (primary N) is 1. The first kappa shape index (κ1) is 5.72. The van der Waals surface area contributed by atoms with Crippen LogP contribution in [0, 0.1) is 17.8 Å². The number of rotatable bonds is 1. The van der Waals surface area contributed by atoms with Crippen LogP contribution in [0.1, 0.15) is 25.7 Å². The molecule has 0 heterocycles. The maximum Gasteiger partial charge on any atom is -0.00461 e. The third-order valence-corrected chi connectivity index (χ3v) is 3.04. The van der Waals surface area contributed by atoms with Crippen LogP contribution in [0.4, 0.5) is 0 Å². The molecule has 2 rings (SSSR count). The molecule has 2 aliphatic carbocycles. The Hall–Kier alpha value is -0.0400. The highest BCUT2D eigenvalue weighted by Crippen LogP contribution is 2.52. The van der Waals surface area contributed by atoms with E-state index in [2.05, 4.69) is 0 Å². The van der Waals surface area contributed by atoms with E-state index in [0.717, 1.165) is 24.3 Å². The summed E-state index contributed by atoms with van der Waals surface area (Å²) in [7, 11) is 0. The molecular formula is C8H15N. The van der Waals surface area contributed by atoms with Crippen LogP contribution in [0.3, 0.4) is 0 Å². The topological polar surface area (TPSA) is 26.0 Å². The van der Waals surface area contributed by atoms with Crippen molar-refractivity contribution < 1.29 is 0 Å². The van der Waals surface area contributed by atoms with Crippen LogP contribution < -0.4 is 5.73 Å². The van der Waals surface area contributed by atoms with Gasteiger partial charge in [-0.25, -0.2) is 0 Å². The predicted molar refractivity (Wildman–Crippen MR) is 38.0 cm³/mol. The largest absolute Gasteiger partial charge is 0.330 e. The zero-order valence-corrected chi connectivity index (χ0v) is 5.84. The van der Waals surface area contributed by atoms with E-state index in [1.165, 1.54) is 25.7 Å². The predicted octanol–water partition coefficient (Wildman–Crippen LogP) is 1.38. The maximum absolute atomic E-state index is 5.62. The first-order valence-electron chi connectivity index (χ1n) is 4.12. The van der Waals surface area contributed by atoms with Crippen molar-refractivity contribution in [2.24, 2.45) is 23.5 Å². The van der Waals surface area contributed by atoms with E-state index < -0.39 is 0 Å². The standard InChI is InChI=1S/C8H15N/c9-5-7-3-1-2-6-4-8(6)7/h6-8H,1-5,9H2/t6-,7+,8+/m1/s1. The Morgan fingerprint density at radius 2 is 2.22 bits per heavy atom. The molecule has 9 heavy (non-hydrogen) atoms. The molecule has 1 heteroatoms. The summed E-state index contributed by atoms with van der Waals surface area (Å²) in [6, 6.07) is 0. The molecule has 2 saturated carbocycles. The van der Waals surface area contributed by atoms with Gasteiger partial charge in [0.15, 0.2) is 0 Å². The molecule has 0 unspecified atom stereocenters. The molecule has 2 aliphatic rings. The first-order chi connectivity index (χ1) is 4.42. The van der Waals surface area contributed by atoms with Crippen molar-refractivity contribution in [1.82, 2.24) is 0 Å². The van der Waals surface area contributed by atoms with Crippen molar-refractivity contribution in [3.05, 3.63) is 0 Å². The molecule has 3 atom stereocenters. The molecule has 2 N–H and O–H groups in total. The molecule has 1 nitrogen and oxygen atoms in total. The molecule has 0 aliphatic heterocycles. The summed E-state index contributed by atoms with van der Waals surface area (Å²) >= 11 is 0. The van der Waals surface area contributed by atoms with E-state index in [9.17, 15) is 0 Å². The monoisotopic (exact) mass is 125 g/mol. The van der Waals surface area contributed by atoms with Gasteiger partial charge in [0.1, 0.15) is 0 Å². The number of fused-ring (bicyclic) bond motifs is 1. The zero-order chi connectivity index (χ0) is 6.27. The molecule has 0 aromatic heterocycles. The second-order valence-electron chi connectivity index (χ2n) is 3.59. The highest BCUT2D eigenvalue weighted by atomic mass is 14.6. The molecular weight excluding hydrogens is 110 g/mol. The van der Waals surface area contributed by atoms with E-state index in [1.54, 1.807) is 0 Å². The lowest BCUT2D eigenvalue weighted by Crippen LogP contribution is -2.19. The average molecular weight is 125 g/mol. The summed E-state index contributed by atoms with van der Waals surface area (Å²) in [4.78, 5) is 0. The van der Waals surface area contributed by atoms with Gasteiger partial charge in [-0.2, -0.15) is 0 Å². The molecule has 0 saturated heterocycles. The number of hydrogen-bond acceptors (Lipinski definition) is 1. The van der Waals surface area contributed by atoms with Crippen LogP contribution in [0.25, 0.3) is 0 Å². The summed E-state index contributed by atoms with van der Waals surface area (Å²) < 4.78 is 0. The van der Waals surface area contributed by atoms with E-state index in [0.29, 0.717) is 0 Å². The Balaban J connectivity index is 1.93. The van der Waals surface area contributed by atoms with Crippen molar-refractivity contribution >= 4 is 0 Å². The van der Waals surface area contributed by atoms with Gasteiger partial charge in [-0.05, 0) is 37.1 Å². The van der Waals surface area contributed by atoms with Crippen LogP contribution in [-0.2, 0) is 0 Å². The fourth-order valence-electron chi connectivity index (χ4n) is 2.33. The molecule has 52 valence electrons. The van der Waals surface area contributed by atoms with Crippen molar-refractivity contribution in [2.45, 2.75) is 25.7 Å². The minimum Gasteiger partial charge on any atom is -0.330 e. The third-order valence-electron chi connectivity index (χ3n) is 3.04. The van der Waals surface area contributed by atoms with Crippen molar-refractivity contribution in [3.63, 3.8) is 0 Å². The SMILES string of the molecule is NC[C@@H]1CCC[C@@H]2C[C@H]12. The third kappa shape index (κ3) is 0.877. The lowest BCUT2D eigenvalue weighted by atomic mass is 9.89. The van der Waals surface area contributed by atoms with E-state index >= 15 is 0 Å². The van der Waals surface area contributed by atoms with E-state index in [-0.39, 0.29) is 0 Å². The number of hydrogen-bond donors (Lipinski definition) is 1. The molecule has 2 fully saturated rings. The molecule has 0 radical (unpaired) electrons. The van der Waals surface area contributed by atoms with Crippen molar-refractivity contribution in [1.29, 1.82) is 0 Å². The van der Waals surface area contributed by atoms with Gasteiger partial charge in [0.2, 0.25) is 0 Å². The molecule has 0 amide bonds. The van der Waals surface area contributed by atoms with Gasteiger partial charge in [-0.1, -0.05) is 12.8 Å². The fraction of sp³-hybridized carbons (Fsp3) is 1.00. The zero-order valence-electron chi connectivity index (χ0n) is 5.84. The Kier molecular flexibility index (Phi) is 1.26. The van der Waals surface area contributed by atoms with Crippen molar-refractivity contribution in [3.8, 4) is 0 Å². The minimum absolute atomic E-state index is 0.906. The quantitative estimate of drug-likeness (QED) is 0.563. The van der Waals surface area contributed by atoms with Gasteiger partial charge in [-0.15, -0.1) is 0 Å². The summed E-state index contributed by atoms with van der Waals surface area (Å²) in [5.74, 6) is 3.07. The molecule has 0 aromatic carbocycles. The maximum atomic E-state index is 5.62. The van der Waals surface area contributed by atoms with Crippen LogP contribution in [0.15, 0.2) is 0 Å². The molecule has 0 bridgehead atoms. The average Bonchev–Trinajstić information content (AvgIpc) is 2.64. The van der Waals surface area contributed by atoms with Gasteiger partial charge in [0, 0.05) is 0 Å². The van der Waals surface area contributed by atoms with Gasteiger partial charge in [-0.3, -0.25) is 0 Å². The van der Waals surface area contributed by atoms with Crippen LogP contribution in [0.5, 0.6) is 0 Å². The summed E-state index contributed by atoms with van der Waals surface area (Å²) in [5, 5.41) is 0. The smallest absolute Gasteiger partial charge is 0.00461 e. The second kappa shape index (κ2) is 1.98. The summed E-state index contributed by atoms with van der Waals surface area (Å²) in [6.07, 6.45) is 5.86. The lowest BCUT2D eigenvalue weighted by Gasteiger charge is -2.18. The Morgan fingerprint density at radius 1 is 1.33 bits per heavy atom. The Morgan fingerprint density at radius 3 is 2.89 bits per heavy atom. The summed E-state index contributed by atoms with van der Waals surface area (Å²) in [6.45, 7) is 0.946. The van der Waals surface area contributed by atoms with Crippen molar-refractivity contribution in [2.75, 3.05) is 6.54 Å². The van der Waals surface area contributed by atoms with E-state index in [1.807, 2.05) is 0 Å². The van der Waals surface area contributed by atoms with Gasteiger partial charge in [0.25, 0.3) is 0 Å². The highest BCUT2D eigenvalue weighted by Gasteiger charge is 2.44. The van der Waals surface area contributed by atoms with Crippen LogP contribution in [-0.4, -0.2) is 6.54 Å². The van der Waals surface area contributed by atoms with E-state index in [4.69, 9.17) is 5.73 Å². The normalized spacial score (nSPS) is 48.3. The Labute approximate surface area is 56.6 Å². The lowest BCUT2D eigenvalue weighted by molar-refractivity contribution is 0.343. The van der Waals surface area contributed by atoms with Gasteiger partial charge >= 0.3 is 0 Å². The molecule has 0 spiro atoms. The van der Waals surface area contributed by atoms with Gasteiger partial charge in [0.05, 0.1) is 0 Å². The Bertz CT molecular complexity index is 111. The van der Waals surface area contributed by atoms with Crippen LogP contribution in [0.2, 0.25) is 0 Å². The highest BCUT2D eigenvalue weighted by molar-refractivity contribution is 4.94. The first-order valence-corrected chi connectivity index (χ1v) is 4.12. The molecule has 0 aromatic rings. The second-order valence-corrected chi connectivity index (χ2v) is 3.59. The van der Waals surface area contributed by atoms with Crippen LogP contribution >= 0.6 is 0 Å². The fourth-order valence-corrected chi connectivity index (χ4v) is 2.33. The minimum atomic E-state index is 0.906. The summed E-state index contributed by atoms with van der Waals surface area (Å²) in [5.41, 5.74) is 5.62. The van der Waals surface area contributed by atoms with Gasteiger partial charge < -0.3 is 5.73 Å².